The van der Waals surface area contributed by atoms with Crippen LogP contribution in [0.1, 0.15) is 35.2 Å². The van der Waals surface area contributed by atoms with Gasteiger partial charge in [0.05, 0.1) is 0 Å². The van der Waals surface area contributed by atoms with Gasteiger partial charge >= 0.3 is 0 Å². The van der Waals surface area contributed by atoms with Crippen LogP contribution in [-0.4, -0.2) is 49.1 Å². The molecule has 3 heteroatoms. The van der Waals surface area contributed by atoms with Crippen molar-refractivity contribution in [3.63, 3.8) is 0 Å². The van der Waals surface area contributed by atoms with Crippen LogP contribution in [0.3, 0.4) is 0 Å². The lowest BCUT2D eigenvalue weighted by molar-refractivity contribution is 0.0737. The summed E-state index contributed by atoms with van der Waals surface area (Å²) in [6.07, 6.45) is 0. The molecule has 0 bridgehead atoms. The van der Waals surface area contributed by atoms with Crippen molar-refractivity contribution in [3.8, 4) is 0 Å². The molecule has 0 saturated carbocycles. The molecular formula is C17H29N3. The van der Waals surface area contributed by atoms with Gasteiger partial charge in [-0.15, -0.1) is 0 Å². The number of likely N-dealkylation sites (N-methyl/N-ethyl adjacent to an activating group) is 1. The molecule has 1 aromatic rings. The molecule has 0 aromatic heterocycles. The smallest absolute Gasteiger partial charge is 0.0476 e. The Bertz CT molecular complexity index is 446. The molecule has 1 aliphatic rings. The summed E-state index contributed by atoms with van der Waals surface area (Å²) < 4.78 is 0. The molecule has 2 rings (SSSR count). The Morgan fingerprint density at radius 3 is 2.30 bits per heavy atom. The van der Waals surface area contributed by atoms with Crippen LogP contribution in [0.4, 0.5) is 0 Å². The number of benzene rings is 1. The standard InChI is InChI=1S/C17H29N3/c1-12-8-13(2)17(14(3)9-12)16(10-18)20-7-6-19(5)15(4)11-20/h8-9,15-16H,6-7,10-11,18H2,1-5H3. The fourth-order valence-electron chi connectivity index (χ4n) is 3.53. The van der Waals surface area contributed by atoms with Gasteiger partial charge in [-0.05, 0) is 51.4 Å². The van der Waals surface area contributed by atoms with Crippen molar-refractivity contribution in [3.05, 3.63) is 34.4 Å². The van der Waals surface area contributed by atoms with Crippen LogP contribution in [0.15, 0.2) is 12.1 Å². The Morgan fingerprint density at radius 2 is 1.80 bits per heavy atom. The highest BCUT2D eigenvalue weighted by Gasteiger charge is 2.28. The number of aryl methyl sites for hydroxylation is 3. The fourth-order valence-corrected chi connectivity index (χ4v) is 3.53. The minimum absolute atomic E-state index is 0.353. The third-order valence-electron chi connectivity index (χ3n) is 4.73. The monoisotopic (exact) mass is 275 g/mol. The van der Waals surface area contributed by atoms with E-state index in [1.807, 2.05) is 0 Å². The number of nitrogens with two attached hydrogens (primary N) is 1. The first-order valence-electron chi connectivity index (χ1n) is 7.66. The summed E-state index contributed by atoms with van der Waals surface area (Å²) in [6.45, 7) is 12.9. The van der Waals surface area contributed by atoms with Crippen LogP contribution < -0.4 is 5.73 Å². The molecule has 0 spiro atoms. The summed E-state index contributed by atoms with van der Waals surface area (Å²) in [5.41, 5.74) is 11.7. The van der Waals surface area contributed by atoms with Crippen molar-refractivity contribution >= 4 is 0 Å². The fraction of sp³-hybridized carbons (Fsp3) is 0.647. The zero-order valence-electron chi connectivity index (χ0n) is 13.6. The van der Waals surface area contributed by atoms with E-state index in [0.29, 0.717) is 18.6 Å². The van der Waals surface area contributed by atoms with E-state index < -0.39 is 0 Å². The van der Waals surface area contributed by atoms with Gasteiger partial charge < -0.3 is 10.6 Å². The molecule has 1 heterocycles. The summed E-state index contributed by atoms with van der Waals surface area (Å²) >= 11 is 0. The van der Waals surface area contributed by atoms with Crippen LogP contribution in [0, 0.1) is 20.8 Å². The second-order valence-electron chi connectivity index (χ2n) is 6.39. The Hall–Kier alpha value is -0.900. The van der Waals surface area contributed by atoms with E-state index in [4.69, 9.17) is 5.73 Å². The van der Waals surface area contributed by atoms with Crippen LogP contribution in [0.25, 0.3) is 0 Å². The molecule has 1 aromatic carbocycles. The van der Waals surface area contributed by atoms with E-state index in [2.05, 4.69) is 56.7 Å². The quantitative estimate of drug-likeness (QED) is 0.918. The zero-order chi connectivity index (χ0) is 14.9. The maximum absolute atomic E-state index is 6.14. The topological polar surface area (TPSA) is 32.5 Å². The Kier molecular flexibility index (Phi) is 4.84. The van der Waals surface area contributed by atoms with Gasteiger partial charge in [0.1, 0.15) is 0 Å². The molecule has 0 aliphatic carbocycles. The predicted octanol–water partition coefficient (Wildman–Crippen LogP) is 2.25. The molecular weight excluding hydrogens is 246 g/mol. The first kappa shape index (κ1) is 15.5. The van der Waals surface area contributed by atoms with E-state index in [9.17, 15) is 0 Å². The second-order valence-corrected chi connectivity index (χ2v) is 6.39. The van der Waals surface area contributed by atoms with E-state index >= 15 is 0 Å². The van der Waals surface area contributed by atoms with Gasteiger partial charge in [-0.25, -0.2) is 0 Å². The van der Waals surface area contributed by atoms with Crippen molar-refractivity contribution in [1.29, 1.82) is 0 Å². The third kappa shape index (κ3) is 3.05. The van der Waals surface area contributed by atoms with Gasteiger partial charge in [0.2, 0.25) is 0 Å². The molecule has 1 saturated heterocycles. The Labute approximate surface area is 123 Å². The zero-order valence-corrected chi connectivity index (χ0v) is 13.6. The third-order valence-corrected chi connectivity index (χ3v) is 4.73. The van der Waals surface area contributed by atoms with Crippen molar-refractivity contribution in [2.75, 3.05) is 33.2 Å². The first-order chi connectivity index (χ1) is 9.43. The minimum Gasteiger partial charge on any atom is -0.329 e. The second kappa shape index (κ2) is 6.25. The largest absolute Gasteiger partial charge is 0.329 e. The van der Waals surface area contributed by atoms with Crippen LogP contribution in [-0.2, 0) is 0 Å². The molecule has 3 nitrogen and oxygen atoms in total. The number of piperazine rings is 1. The maximum atomic E-state index is 6.14. The summed E-state index contributed by atoms with van der Waals surface area (Å²) in [5, 5.41) is 0. The van der Waals surface area contributed by atoms with Crippen molar-refractivity contribution in [2.45, 2.75) is 39.8 Å². The molecule has 20 heavy (non-hydrogen) atoms. The summed E-state index contributed by atoms with van der Waals surface area (Å²) in [6, 6.07) is 5.52. The van der Waals surface area contributed by atoms with Gasteiger partial charge in [0.15, 0.2) is 0 Å². The minimum atomic E-state index is 0.353. The number of hydrogen-bond donors (Lipinski definition) is 1. The highest BCUT2D eigenvalue weighted by Crippen LogP contribution is 2.29. The molecule has 2 N–H and O–H groups in total. The molecule has 0 amide bonds. The van der Waals surface area contributed by atoms with E-state index in [-0.39, 0.29) is 0 Å². The van der Waals surface area contributed by atoms with Gasteiger partial charge in [-0.2, -0.15) is 0 Å². The van der Waals surface area contributed by atoms with E-state index in [1.54, 1.807) is 0 Å². The van der Waals surface area contributed by atoms with Gasteiger partial charge in [-0.1, -0.05) is 17.7 Å². The average molecular weight is 275 g/mol. The Balaban J connectivity index is 2.29. The Morgan fingerprint density at radius 1 is 1.20 bits per heavy atom. The molecule has 0 radical (unpaired) electrons. The predicted molar refractivity (Wildman–Crippen MR) is 86.1 cm³/mol. The van der Waals surface area contributed by atoms with Gasteiger partial charge in [-0.3, -0.25) is 4.90 Å². The molecule has 2 atom stereocenters. The number of rotatable bonds is 3. The van der Waals surface area contributed by atoms with Crippen LogP contribution in [0.2, 0.25) is 0 Å². The average Bonchev–Trinajstić information content (AvgIpc) is 2.37. The SMILES string of the molecule is Cc1cc(C)c(C(CN)N2CCN(C)C(C)C2)c(C)c1. The molecule has 1 fully saturated rings. The van der Waals surface area contributed by atoms with Gasteiger partial charge in [0.25, 0.3) is 0 Å². The molecule has 112 valence electrons. The first-order valence-corrected chi connectivity index (χ1v) is 7.66. The lowest BCUT2D eigenvalue weighted by Crippen LogP contribution is -2.52. The summed E-state index contributed by atoms with van der Waals surface area (Å²) in [7, 11) is 2.21. The van der Waals surface area contributed by atoms with E-state index in [0.717, 1.165) is 19.6 Å². The highest BCUT2D eigenvalue weighted by molar-refractivity contribution is 5.40. The lowest BCUT2D eigenvalue weighted by atomic mass is 9.92. The summed E-state index contributed by atoms with van der Waals surface area (Å²) in [4.78, 5) is 4.99. The molecule has 1 aliphatic heterocycles. The number of hydrogen-bond acceptors (Lipinski definition) is 3. The van der Waals surface area contributed by atoms with E-state index in [1.165, 1.54) is 22.3 Å². The number of nitrogens with zero attached hydrogens (tertiary/aromatic N) is 2. The van der Waals surface area contributed by atoms with Crippen LogP contribution >= 0.6 is 0 Å². The van der Waals surface area contributed by atoms with Crippen molar-refractivity contribution in [2.24, 2.45) is 5.73 Å². The highest BCUT2D eigenvalue weighted by atomic mass is 15.3. The van der Waals surface area contributed by atoms with Crippen molar-refractivity contribution in [1.82, 2.24) is 9.80 Å². The van der Waals surface area contributed by atoms with Gasteiger partial charge in [0, 0.05) is 38.3 Å². The normalized spacial score (nSPS) is 23.0. The summed E-state index contributed by atoms with van der Waals surface area (Å²) in [5.74, 6) is 0. The maximum Gasteiger partial charge on any atom is 0.0476 e. The lowest BCUT2D eigenvalue weighted by Gasteiger charge is -2.42. The molecule has 2 unspecified atom stereocenters. The van der Waals surface area contributed by atoms with Crippen molar-refractivity contribution < 1.29 is 0 Å². The van der Waals surface area contributed by atoms with Crippen LogP contribution in [0.5, 0.6) is 0 Å².